The molecule has 0 saturated heterocycles. The van der Waals surface area contributed by atoms with Crippen molar-refractivity contribution >= 4 is 16.6 Å². The van der Waals surface area contributed by atoms with Gasteiger partial charge >= 0.3 is 0 Å². The van der Waals surface area contributed by atoms with Crippen LogP contribution in [0.5, 0.6) is 5.75 Å². The standard InChI is InChI=1S/C19H17N3O5/c1-27-18-8-3-2-6-16(18)14(12-21(23)24)11-15-10-9-13-5-4-7-17(22(25)26)19(13)20-15/h2-10,14H,11-12H2,1H3/t14-/m1/s1. The number of aromatic nitrogens is 1. The molecule has 8 nitrogen and oxygen atoms in total. The van der Waals surface area contributed by atoms with Gasteiger partial charge in [0, 0.05) is 34.1 Å². The second kappa shape index (κ2) is 7.77. The van der Waals surface area contributed by atoms with Crippen LogP contribution in [-0.2, 0) is 6.42 Å². The Kier molecular flexibility index (Phi) is 5.25. The van der Waals surface area contributed by atoms with E-state index < -0.39 is 10.8 Å². The first-order valence-electron chi connectivity index (χ1n) is 8.27. The van der Waals surface area contributed by atoms with Crippen molar-refractivity contribution in [1.82, 2.24) is 4.98 Å². The summed E-state index contributed by atoms with van der Waals surface area (Å²) in [5.41, 5.74) is 1.45. The zero-order chi connectivity index (χ0) is 19.4. The third-order valence-electron chi connectivity index (χ3n) is 4.36. The van der Waals surface area contributed by atoms with Crippen LogP contribution in [0.2, 0.25) is 0 Å². The third kappa shape index (κ3) is 4.00. The molecule has 1 aromatic heterocycles. The molecule has 0 unspecified atom stereocenters. The van der Waals surface area contributed by atoms with Crippen molar-refractivity contribution in [1.29, 1.82) is 0 Å². The molecule has 3 aromatic rings. The quantitative estimate of drug-likeness (QED) is 0.465. The molecule has 0 aliphatic heterocycles. The maximum atomic E-state index is 11.3. The fraction of sp³-hybridized carbons (Fsp3) is 0.211. The highest BCUT2D eigenvalue weighted by Gasteiger charge is 2.23. The average Bonchev–Trinajstić information content (AvgIpc) is 2.66. The molecule has 3 rings (SSSR count). The molecule has 1 heterocycles. The zero-order valence-corrected chi connectivity index (χ0v) is 14.6. The van der Waals surface area contributed by atoms with E-state index in [1.165, 1.54) is 13.2 Å². The predicted octanol–water partition coefficient (Wildman–Crippen LogP) is 3.75. The Balaban J connectivity index is 2.02. The number of nitrogens with zero attached hydrogens (tertiary/aromatic N) is 3. The first-order valence-corrected chi connectivity index (χ1v) is 8.27. The molecule has 0 aliphatic rings. The van der Waals surface area contributed by atoms with Crippen molar-refractivity contribution in [2.75, 3.05) is 13.7 Å². The smallest absolute Gasteiger partial charge is 0.295 e. The van der Waals surface area contributed by atoms with Crippen molar-refractivity contribution in [2.24, 2.45) is 0 Å². The van der Waals surface area contributed by atoms with Crippen molar-refractivity contribution < 1.29 is 14.6 Å². The highest BCUT2D eigenvalue weighted by Crippen LogP contribution is 2.30. The molecule has 0 spiro atoms. The van der Waals surface area contributed by atoms with Crippen molar-refractivity contribution in [3.05, 3.63) is 86.1 Å². The molecule has 138 valence electrons. The average molecular weight is 367 g/mol. The predicted molar refractivity (Wildman–Crippen MR) is 99.7 cm³/mol. The number of hydrogen-bond acceptors (Lipinski definition) is 6. The number of non-ortho nitro benzene ring substituents is 1. The Morgan fingerprint density at radius 2 is 1.81 bits per heavy atom. The van der Waals surface area contributed by atoms with Gasteiger partial charge in [-0.05, 0) is 12.1 Å². The Hall–Kier alpha value is -3.55. The summed E-state index contributed by atoms with van der Waals surface area (Å²) in [7, 11) is 1.51. The number of methoxy groups -OCH3 is 1. The largest absolute Gasteiger partial charge is 0.496 e. The Labute approximate surface area is 154 Å². The van der Waals surface area contributed by atoms with Crippen LogP contribution in [0.4, 0.5) is 5.69 Å². The monoisotopic (exact) mass is 367 g/mol. The van der Waals surface area contributed by atoms with Gasteiger partial charge < -0.3 is 4.74 Å². The van der Waals surface area contributed by atoms with E-state index in [4.69, 9.17) is 4.74 Å². The molecule has 0 radical (unpaired) electrons. The number of pyridine rings is 1. The van der Waals surface area contributed by atoms with Crippen LogP contribution in [0.15, 0.2) is 54.6 Å². The number of hydrogen-bond donors (Lipinski definition) is 0. The minimum Gasteiger partial charge on any atom is -0.496 e. The van der Waals surface area contributed by atoms with E-state index in [2.05, 4.69) is 4.98 Å². The van der Waals surface area contributed by atoms with E-state index in [1.54, 1.807) is 48.5 Å². The Bertz CT molecular complexity index is 1010. The summed E-state index contributed by atoms with van der Waals surface area (Å²) in [6, 6.07) is 15.4. The van der Waals surface area contributed by atoms with Gasteiger partial charge in [0.05, 0.1) is 18.0 Å². The van der Waals surface area contributed by atoms with E-state index in [0.717, 1.165) is 0 Å². The van der Waals surface area contributed by atoms with Crippen molar-refractivity contribution in [3.63, 3.8) is 0 Å². The topological polar surface area (TPSA) is 108 Å². The van der Waals surface area contributed by atoms with Crippen LogP contribution in [0.1, 0.15) is 17.2 Å². The first-order chi connectivity index (χ1) is 13.0. The minimum absolute atomic E-state index is 0.0857. The zero-order valence-electron chi connectivity index (χ0n) is 14.6. The molecule has 0 amide bonds. The number of ether oxygens (including phenoxy) is 1. The van der Waals surface area contributed by atoms with Gasteiger partial charge in [0.1, 0.15) is 11.3 Å². The highest BCUT2D eigenvalue weighted by molar-refractivity contribution is 5.87. The summed E-state index contributed by atoms with van der Waals surface area (Å²) in [5.74, 6) is 0.0972. The number of benzene rings is 2. The molecular weight excluding hydrogens is 350 g/mol. The van der Waals surface area contributed by atoms with Gasteiger partial charge in [-0.1, -0.05) is 36.4 Å². The number of para-hydroxylation sites is 2. The summed E-state index contributed by atoms with van der Waals surface area (Å²) in [6.45, 7) is -0.295. The van der Waals surface area contributed by atoms with Crippen LogP contribution in [0, 0.1) is 20.2 Å². The minimum atomic E-state index is -0.478. The molecule has 0 fully saturated rings. The van der Waals surface area contributed by atoms with Crippen molar-refractivity contribution in [3.8, 4) is 5.75 Å². The molecule has 8 heteroatoms. The number of rotatable bonds is 7. The van der Waals surface area contributed by atoms with E-state index in [9.17, 15) is 20.2 Å². The van der Waals surface area contributed by atoms with Crippen LogP contribution >= 0.6 is 0 Å². The van der Waals surface area contributed by atoms with Gasteiger partial charge in [-0.15, -0.1) is 0 Å². The Morgan fingerprint density at radius 3 is 2.52 bits per heavy atom. The molecule has 1 atom stereocenters. The van der Waals surface area contributed by atoms with Gasteiger partial charge in [-0.3, -0.25) is 20.2 Å². The summed E-state index contributed by atoms with van der Waals surface area (Å²) >= 11 is 0. The van der Waals surface area contributed by atoms with Crippen LogP contribution in [-0.4, -0.2) is 28.5 Å². The molecule has 0 saturated carbocycles. The second-order valence-corrected chi connectivity index (χ2v) is 6.07. The maximum absolute atomic E-state index is 11.3. The summed E-state index contributed by atoms with van der Waals surface area (Å²) in [4.78, 5) is 26.0. The third-order valence-corrected chi connectivity index (χ3v) is 4.36. The lowest BCUT2D eigenvalue weighted by molar-refractivity contribution is -0.483. The first kappa shape index (κ1) is 18.2. The lowest BCUT2D eigenvalue weighted by Gasteiger charge is -2.16. The lowest BCUT2D eigenvalue weighted by Crippen LogP contribution is -2.16. The Morgan fingerprint density at radius 1 is 1.04 bits per heavy atom. The van der Waals surface area contributed by atoms with E-state index in [-0.39, 0.29) is 29.1 Å². The van der Waals surface area contributed by atoms with Gasteiger partial charge in [-0.25, -0.2) is 4.98 Å². The van der Waals surface area contributed by atoms with E-state index >= 15 is 0 Å². The fourth-order valence-electron chi connectivity index (χ4n) is 3.14. The fourth-order valence-corrected chi connectivity index (χ4v) is 3.14. The lowest BCUT2D eigenvalue weighted by atomic mass is 9.93. The molecular formula is C19H17N3O5. The molecule has 0 N–H and O–H groups in total. The molecule has 0 bridgehead atoms. The van der Waals surface area contributed by atoms with E-state index in [1.807, 2.05) is 0 Å². The van der Waals surface area contributed by atoms with Crippen molar-refractivity contribution in [2.45, 2.75) is 12.3 Å². The molecule has 2 aromatic carbocycles. The van der Waals surface area contributed by atoms with Gasteiger partial charge in [0.15, 0.2) is 0 Å². The van der Waals surface area contributed by atoms with E-state index in [0.29, 0.717) is 22.4 Å². The van der Waals surface area contributed by atoms with Crippen LogP contribution in [0.25, 0.3) is 10.9 Å². The van der Waals surface area contributed by atoms with Gasteiger partial charge in [0.2, 0.25) is 6.54 Å². The molecule has 27 heavy (non-hydrogen) atoms. The second-order valence-electron chi connectivity index (χ2n) is 6.07. The summed E-state index contributed by atoms with van der Waals surface area (Å²) < 4.78 is 5.33. The van der Waals surface area contributed by atoms with Crippen LogP contribution in [0.3, 0.4) is 0 Å². The number of nitro groups is 2. The number of nitro benzene ring substituents is 1. The van der Waals surface area contributed by atoms with Crippen LogP contribution < -0.4 is 4.74 Å². The normalized spacial score (nSPS) is 11.9. The molecule has 0 aliphatic carbocycles. The highest BCUT2D eigenvalue weighted by atomic mass is 16.6. The summed E-state index contributed by atoms with van der Waals surface area (Å²) in [5, 5.41) is 23.1. The number of fused-ring (bicyclic) bond motifs is 1. The van der Waals surface area contributed by atoms with Gasteiger partial charge in [-0.2, -0.15) is 0 Å². The summed E-state index contributed by atoms with van der Waals surface area (Å²) in [6.07, 6.45) is 0.267. The van der Waals surface area contributed by atoms with Gasteiger partial charge in [0.25, 0.3) is 5.69 Å². The maximum Gasteiger partial charge on any atom is 0.295 e. The SMILES string of the molecule is COc1ccccc1[C@H](Cc1ccc2cccc([N+](=O)[O-])c2n1)C[N+](=O)[O-].